The van der Waals surface area contributed by atoms with E-state index in [4.69, 9.17) is 0 Å². The summed E-state index contributed by atoms with van der Waals surface area (Å²) in [5.41, 5.74) is 2.69. The first-order valence-electron chi connectivity index (χ1n) is 11.7. The van der Waals surface area contributed by atoms with E-state index in [-0.39, 0.29) is 47.6 Å². The second-order valence-electron chi connectivity index (χ2n) is 10.1. The summed E-state index contributed by atoms with van der Waals surface area (Å²) >= 11 is 0. The summed E-state index contributed by atoms with van der Waals surface area (Å²) in [6, 6.07) is 6.79. The molecule has 3 amide bonds. The number of likely N-dealkylation sites (tertiary alicyclic amines) is 1. The molecule has 3 heterocycles. The number of hydrogen-bond donors (Lipinski definition) is 1. The number of nitrogens with one attached hydrogen (secondary N) is 1. The van der Waals surface area contributed by atoms with Gasteiger partial charge in [-0.25, -0.2) is 0 Å². The van der Waals surface area contributed by atoms with Gasteiger partial charge in [-0.2, -0.15) is 5.10 Å². The Kier molecular flexibility index (Phi) is 5.26. The first kappa shape index (κ1) is 21.7. The lowest BCUT2D eigenvalue weighted by atomic mass is 10.0. The van der Waals surface area contributed by atoms with E-state index in [9.17, 15) is 14.4 Å². The molecule has 0 radical (unpaired) electrons. The predicted octanol–water partition coefficient (Wildman–Crippen LogP) is 2.01. The van der Waals surface area contributed by atoms with Crippen molar-refractivity contribution in [1.29, 1.82) is 0 Å². The second kappa shape index (κ2) is 8.01. The Hall–Kier alpha value is -3.16. The lowest BCUT2D eigenvalue weighted by molar-refractivity contribution is -0.134. The predicted molar refractivity (Wildman–Crippen MR) is 122 cm³/mol. The van der Waals surface area contributed by atoms with Crippen LogP contribution in [0.2, 0.25) is 0 Å². The van der Waals surface area contributed by atoms with Crippen molar-refractivity contribution in [2.75, 3.05) is 13.1 Å². The molecule has 8 nitrogen and oxygen atoms in total. The molecule has 2 fully saturated rings. The quantitative estimate of drug-likeness (QED) is 0.731. The highest BCUT2D eigenvalue weighted by molar-refractivity contribution is 6.01. The van der Waals surface area contributed by atoms with Gasteiger partial charge in [0.2, 0.25) is 11.8 Å². The molecule has 5 atom stereocenters. The van der Waals surface area contributed by atoms with Gasteiger partial charge >= 0.3 is 0 Å². The van der Waals surface area contributed by atoms with Crippen molar-refractivity contribution in [3.8, 4) is 0 Å². The molecule has 0 spiro atoms. The smallest absolute Gasteiger partial charge is 0.255 e. The van der Waals surface area contributed by atoms with Gasteiger partial charge in [-0.15, -0.1) is 0 Å². The number of fused-ring (bicyclic) bond motifs is 2. The number of carbonyl (C=O) groups excluding carboxylic acids is 3. The molecule has 1 aliphatic carbocycles. The molecule has 3 aliphatic rings. The standard InChI is InChI=1S/C25H31N5O3/c1-14(2)22(29-11-17-7-5-6-8-18(17)25(29)33)23(31)27-21-19-12-28(13-20(19)21)24(32)16(4)30-10-15(3)9-26-30/h5-10,14,16,19-22H,11-13H2,1-4H3,(H,27,31)/t16?,19-,20+,21?,22-/m0/s1. The molecule has 0 bridgehead atoms. The molecule has 174 valence electrons. The van der Waals surface area contributed by atoms with Gasteiger partial charge < -0.3 is 15.1 Å². The lowest BCUT2D eigenvalue weighted by Crippen LogP contribution is -2.51. The van der Waals surface area contributed by atoms with Gasteiger partial charge in [0, 0.05) is 49.3 Å². The van der Waals surface area contributed by atoms with Gasteiger partial charge in [0.15, 0.2) is 0 Å². The topological polar surface area (TPSA) is 87.5 Å². The third-order valence-electron chi connectivity index (χ3n) is 7.38. The van der Waals surface area contributed by atoms with E-state index in [0.29, 0.717) is 25.2 Å². The Morgan fingerprint density at radius 2 is 1.82 bits per heavy atom. The van der Waals surface area contributed by atoms with E-state index in [1.54, 1.807) is 15.8 Å². The van der Waals surface area contributed by atoms with Crippen LogP contribution in [0.1, 0.15) is 48.3 Å². The molecular formula is C25H31N5O3. The Bertz CT molecular complexity index is 1100. The number of aryl methyl sites for hydroxylation is 1. The molecular weight excluding hydrogens is 418 g/mol. The molecule has 2 unspecified atom stereocenters. The minimum atomic E-state index is -0.507. The second-order valence-corrected chi connectivity index (χ2v) is 10.1. The van der Waals surface area contributed by atoms with Crippen LogP contribution in [0.15, 0.2) is 36.7 Å². The number of aromatic nitrogens is 2. The summed E-state index contributed by atoms with van der Waals surface area (Å²) in [5, 5.41) is 7.46. The van der Waals surface area contributed by atoms with Crippen LogP contribution in [-0.4, -0.2) is 62.5 Å². The molecule has 8 heteroatoms. The van der Waals surface area contributed by atoms with E-state index in [2.05, 4.69) is 10.4 Å². The molecule has 2 aliphatic heterocycles. The molecule has 1 aromatic carbocycles. The van der Waals surface area contributed by atoms with Gasteiger partial charge in [0.05, 0.1) is 6.20 Å². The SMILES string of the molecule is Cc1cnn(C(C)C(=O)N2C[C@@H]3C(NC(=O)[C@H](C(C)C)N4Cc5ccccc5C4=O)[C@@H]3C2)c1. The highest BCUT2D eigenvalue weighted by Gasteiger charge is 2.58. The average Bonchev–Trinajstić information content (AvgIpc) is 3.20. The van der Waals surface area contributed by atoms with Gasteiger partial charge in [-0.05, 0) is 37.0 Å². The number of rotatable bonds is 6. The van der Waals surface area contributed by atoms with Crippen molar-refractivity contribution in [2.24, 2.45) is 17.8 Å². The molecule has 2 aromatic rings. The Labute approximate surface area is 193 Å². The van der Waals surface area contributed by atoms with E-state index >= 15 is 0 Å². The first-order valence-corrected chi connectivity index (χ1v) is 11.7. The van der Waals surface area contributed by atoms with Gasteiger partial charge in [0.25, 0.3) is 5.91 Å². The van der Waals surface area contributed by atoms with E-state index in [1.165, 1.54) is 0 Å². The third kappa shape index (κ3) is 3.71. The highest BCUT2D eigenvalue weighted by Crippen LogP contribution is 2.46. The van der Waals surface area contributed by atoms with Crippen molar-refractivity contribution >= 4 is 17.7 Å². The van der Waals surface area contributed by atoms with E-state index < -0.39 is 6.04 Å². The fourth-order valence-corrected chi connectivity index (χ4v) is 5.50. The maximum Gasteiger partial charge on any atom is 0.255 e. The van der Waals surface area contributed by atoms with Gasteiger partial charge in [0.1, 0.15) is 12.1 Å². The summed E-state index contributed by atoms with van der Waals surface area (Å²) < 4.78 is 1.71. The van der Waals surface area contributed by atoms with Crippen molar-refractivity contribution < 1.29 is 14.4 Å². The van der Waals surface area contributed by atoms with Crippen molar-refractivity contribution in [1.82, 2.24) is 24.9 Å². The zero-order chi connectivity index (χ0) is 23.4. The normalized spacial score (nSPS) is 25.1. The van der Waals surface area contributed by atoms with Crippen molar-refractivity contribution in [3.05, 3.63) is 53.3 Å². The van der Waals surface area contributed by atoms with Crippen LogP contribution in [0.4, 0.5) is 0 Å². The highest BCUT2D eigenvalue weighted by atomic mass is 16.2. The molecule has 1 saturated carbocycles. The largest absolute Gasteiger partial charge is 0.351 e. The Balaban J connectivity index is 1.19. The minimum Gasteiger partial charge on any atom is -0.351 e. The third-order valence-corrected chi connectivity index (χ3v) is 7.38. The molecule has 1 aromatic heterocycles. The summed E-state index contributed by atoms with van der Waals surface area (Å²) in [7, 11) is 0. The summed E-state index contributed by atoms with van der Waals surface area (Å²) in [5.74, 6) is 0.459. The zero-order valence-corrected chi connectivity index (χ0v) is 19.6. The zero-order valence-electron chi connectivity index (χ0n) is 19.6. The van der Waals surface area contributed by atoms with Crippen molar-refractivity contribution in [3.63, 3.8) is 0 Å². The van der Waals surface area contributed by atoms with Crippen LogP contribution in [0.25, 0.3) is 0 Å². The molecule has 1 N–H and O–H groups in total. The molecule has 5 rings (SSSR count). The number of benzene rings is 1. The van der Waals surface area contributed by atoms with Gasteiger partial charge in [-0.1, -0.05) is 32.0 Å². The molecule has 33 heavy (non-hydrogen) atoms. The van der Waals surface area contributed by atoms with Crippen LogP contribution >= 0.6 is 0 Å². The van der Waals surface area contributed by atoms with Crippen LogP contribution < -0.4 is 5.32 Å². The van der Waals surface area contributed by atoms with Crippen molar-refractivity contribution in [2.45, 2.75) is 52.4 Å². The number of amides is 3. The number of piperidine rings is 1. The monoisotopic (exact) mass is 449 g/mol. The lowest BCUT2D eigenvalue weighted by Gasteiger charge is -2.30. The fraction of sp³-hybridized carbons (Fsp3) is 0.520. The number of nitrogens with zero attached hydrogens (tertiary/aromatic N) is 4. The average molecular weight is 450 g/mol. The van der Waals surface area contributed by atoms with E-state index in [0.717, 1.165) is 11.1 Å². The van der Waals surface area contributed by atoms with Crippen LogP contribution in [0.5, 0.6) is 0 Å². The minimum absolute atomic E-state index is 0.00157. The van der Waals surface area contributed by atoms with Gasteiger partial charge in [-0.3, -0.25) is 19.1 Å². The van der Waals surface area contributed by atoms with Crippen LogP contribution in [0, 0.1) is 24.7 Å². The maximum absolute atomic E-state index is 13.3. The first-order chi connectivity index (χ1) is 15.8. The number of carbonyl (C=O) groups is 3. The Morgan fingerprint density at radius 3 is 2.42 bits per heavy atom. The Morgan fingerprint density at radius 1 is 1.12 bits per heavy atom. The fourth-order valence-electron chi connectivity index (χ4n) is 5.50. The maximum atomic E-state index is 13.3. The summed E-state index contributed by atoms with van der Waals surface area (Å²) in [6.07, 6.45) is 3.64. The van der Waals surface area contributed by atoms with E-state index in [1.807, 2.05) is 63.1 Å². The number of hydrogen-bond acceptors (Lipinski definition) is 4. The summed E-state index contributed by atoms with van der Waals surface area (Å²) in [4.78, 5) is 42.7. The molecule has 1 saturated heterocycles. The van der Waals surface area contributed by atoms with Crippen LogP contribution in [-0.2, 0) is 16.1 Å². The summed E-state index contributed by atoms with van der Waals surface area (Å²) in [6.45, 7) is 9.56. The van der Waals surface area contributed by atoms with Crippen LogP contribution in [0.3, 0.4) is 0 Å².